The van der Waals surface area contributed by atoms with Crippen LogP contribution in [0.5, 0.6) is 0 Å². The normalized spacial score (nSPS) is 21.6. The van der Waals surface area contributed by atoms with Gasteiger partial charge in [0.1, 0.15) is 0 Å². The van der Waals surface area contributed by atoms with Crippen LogP contribution in [0.15, 0.2) is 60.7 Å². The first-order valence-corrected chi connectivity index (χ1v) is 6.87. The highest BCUT2D eigenvalue weighted by Crippen LogP contribution is 2.40. The first kappa shape index (κ1) is 12.9. The molecule has 0 radical (unpaired) electrons. The zero-order valence-corrected chi connectivity index (χ0v) is 11.4. The predicted octanol–water partition coefficient (Wildman–Crippen LogP) is 3.18. The van der Waals surface area contributed by atoms with Gasteiger partial charge in [-0.3, -0.25) is 9.69 Å². The second-order valence-electron chi connectivity index (χ2n) is 4.78. The minimum absolute atomic E-state index is 0.0342. The molecule has 1 saturated heterocycles. The number of amides is 1. The topological polar surface area (TPSA) is 29.5 Å². The van der Waals surface area contributed by atoms with Crippen LogP contribution in [-0.2, 0) is 9.53 Å². The molecular weight excluding hydrogens is 250 g/mol. The third kappa shape index (κ3) is 2.10. The van der Waals surface area contributed by atoms with Crippen molar-refractivity contribution in [1.29, 1.82) is 0 Å². The molecule has 3 nitrogen and oxygen atoms in total. The Morgan fingerprint density at radius 3 is 2.20 bits per heavy atom. The minimum atomic E-state index is -0.373. The number of anilines is 1. The maximum absolute atomic E-state index is 12.3. The summed E-state index contributed by atoms with van der Waals surface area (Å²) in [6.07, 6.45) is -0.373. The van der Waals surface area contributed by atoms with Gasteiger partial charge in [0.25, 0.3) is 5.91 Å². The molecule has 0 aromatic heterocycles. The number of para-hydroxylation sites is 1. The highest BCUT2D eigenvalue weighted by atomic mass is 16.5. The van der Waals surface area contributed by atoms with Gasteiger partial charge in [-0.05, 0) is 24.6 Å². The number of β-lactam (4-membered cyclic amide) rings is 1. The van der Waals surface area contributed by atoms with Crippen LogP contribution >= 0.6 is 0 Å². The van der Waals surface area contributed by atoms with Gasteiger partial charge in [0, 0.05) is 12.3 Å². The molecule has 20 heavy (non-hydrogen) atoms. The van der Waals surface area contributed by atoms with E-state index >= 15 is 0 Å². The van der Waals surface area contributed by atoms with Crippen LogP contribution in [0.3, 0.4) is 0 Å². The monoisotopic (exact) mass is 267 g/mol. The Hall–Kier alpha value is -2.13. The third-order valence-corrected chi connectivity index (χ3v) is 3.57. The molecule has 2 atom stereocenters. The fraction of sp³-hybridized carbons (Fsp3) is 0.235. The summed E-state index contributed by atoms with van der Waals surface area (Å²) in [5, 5.41) is 0. The highest BCUT2D eigenvalue weighted by molar-refractivity contribution is 6.05. The van der Waals surface area contributed by atoms with E-state index < -0.39 is 0 Å². The number of ether oxygens (including phenoxy) is 1. The first-order chi connectivity index (χ1) is 9.83. The van der Waals surface area contributed by atoms with E-state index in [1.807, 2.05) is 72.5 Å². The van der Waals surface area contributed by atoms with Crippen molar-refractivity contribution >= 4 is 11.6 Å². The number of rotatable bonds is 4. The summed E-state index contributed by atoms with van der Waals surface area (Å²) in [4.78, 5) is 14.2. The summed E-state index contributed by atoms with van der Waals surface area (Å²) < 4.78 is 5.62. The van der Waals surface area contributed by atoms with E-state index in [1.165, 1.54) is 0 Å². The molecule has 1 heterocycles. The highest BCUT2D eigenvalue weighted by Gasteiger charge is 2.49. The lowest BCUT2D eigenvalue weighted by Gasteiger charge is -2.46. The average molecular weight is 267 g/mol. The average Bonchev–Trinajstić information content (AvgIpc) is 2.51. The van der Waals surface area contributed by atoms with Crippen molar-refractivity contribution in [1.82, 2.24) is 0 Å². The van der Waals surface area contributed by atoms with E-state index in [1.54, 1.807) is 0 Å². The summed E-state index contributed by atoms with van der Waals surface area (Å²) in [5.41, 5.74) is 2.02. The van der Waals surface area contributed by atoms with Crippen molar-refractivity contribution in [3.63, 3.8) is 0 Å². The lowest BCUT2D eigenvalue weighted by atomic mass is 9.90. The van der Waals surface area contributed by atoms with Crippen LogP contribution in [0.1, 0.15) is 18.5 Å². The molecule has 3 heteroatoms. The predicted molar refractivity (Wildman–Crippen MR) is 78.5 cm³/mol. The molecule has 0 bridgehead atoms. The molecule has 3 rings (SSSR count). The molecule has 1 fully saturated rings. The van der Waals surface area contributed by atoms with Crippen molar-refractivity contribution in [3.8, 4) is 0 Å². The number of carbonyl (C=O) groups is 1. The Balaban J connectivity index is 1.95. The van der Waals surface area contributed by atoms with Crippen molar-refractivity contribution in [2.45, 2.75) is 19.1 Å². The number of nitrogens with zero attached hydrogens (tertiary/aromatic N) is 1. The second kappa shape index (κ2) is 5.47. The lowest BCUT2D eigenvalue weighted by molar-refractivity contribution is -0.142. The van der Waals surface area contributed by atoms with Gasteiger partial charge in [-0.15, -0.1) is 0 Å². The SMILES string of the molecule is CCO[C@H]1C(=O)N(c2ccccc2)[C@H]1c1ccccc1. The summed E-state index contributed by atoms with van der Waals surface area (Å²) in [6.45, 7) is 2.46. The van der Waals surface area contributed by atoms with Gasteiger partial charge in [0.05, 0.1) is 6.04 Å². The van der Waals surface area contributed by atoms with Crippen molar-refractivity contribution in [2.75, 3.05) is 11.5 Å². The van der Waals surface area contributed by atoms with Crippen LogP contribution in [-0.4, -0.2) is 18.6 Å². The Labute approximate surface area is 118 Å². The lowest BCUT2D eigenvalue weighted by Crippen LogP contribution is -2.60. The fourth-order valence-corrected chi connectivity index (χ4v) is 2.65. The van der Waals surface area contributed by atoms with Gasteiger partial charge in [-0.2, -0.15) is 0 Å². The zero-order valence-electron chi connectivity index (χ0n) is 11.4. The maximum Gasteiger partial charge on any atom is 0.259 e. The van der Waals surface area contributed by atoms with Gasteiger partial charge in [-0.1, -0.05) is 48.5 Å². The van der Waals surface area contributed by atoms with E-state index in [0.29, 0.717) is 6.61 Å². The molecule has 0 spiro atoms. The molecule has 1 aliphatic heterocycles. The Morgan fingerprint density at radius 2 is 1.60 bits per heavy atom. The Kier molecular flexibility index (Phi) is 3.52. The van der Waals surface area contributed by atoms with Crippen molar-refractivity contribution in [2.24, 2.45) is 0 Å². The van der Waals surface area contributed by atoms with E-state index in [0.717, 1.165) is 11.3 Å². The fourth-order valence-electron chi connectivity index (χ4n) is 2.65. The maximum atomic E-state index is 12.3. The van der Waals surface area contributed by atoms with Gasteiger partial charge in [0.2, 0.25) is 0 Å². The number of hydrogen-bond donors (Lipinski definition) is 0. The van der Waals surface area contributed by atoms with Crippen LogP contribution < -0.4 is 4.90 Å². The van der Waals surface area contributed by atoms with Crippen LogP contribution in [0.2, 0.25) is 0 Å². The molecule has 0 aliphatic carbocycles. The van der Waals surface area contributed by atoms with E-state index in [2.05, 4.69) is 0 Å². The summed E-state index contributed by atoms with van der Waals surface area (Å²) in [6, 6.07) is 19.7. The number of hydrogen-bond acceptors (Lipinski definition) is 2. The third-order valence-electron chi connectivity index (χ3n) is 3.57. The van der Waals surface area contributed by atoms with Gasteiger partial charge >= 0.3 is 0 Å². The Morgan fingerprint density at radius 1 is 1.00 bits per heavy atom. The molecule has 2 aromatic rings. The molecule has 2 aromatic carbocycles. The van der Waals surface area contributed by atoms with E-state index in [4.69, 9.17) is 4.74 Å². The Bertz CT molecular complexity index is 582. The summed E-state index contributed by atoms with van der Waals surface area (Å²) in [5.74, 6) is 0.0342. The second-order valence-corrected chi connectivity index (χ2v) is 4.78. The zero-order chi connectivity index (χ0) is 13.9. The smallest absolute Gasteiger partial charge is 0.259 e. The molecule has 0 unspecified atom stereocenters. The minimum Gasteiger partial charge on any atom is -0.366 e. The van der Waals surface area contributed by atoms with Crippen molar-refractivity contribution in [3.05, 3.63) is 66.2 Å². The molecular formula is C17H17NO2. The number of carbonyl (C=O) groups excluding carboxylic acids is 1. The van der Waals surface area contributed by atoms with Crippen LogP contribution in [0.4, 0.5) is 5.69 Å². The van der Waals surface area contributed by atoms with E-state index in [9.17, 15) is 4.79 Å². The van der Waals surface area contributed by atoms with Crippen LogP contribution in [0, 0.1) is 0 Å². The quantitative estimate of drug-likeness (QED) is 0.796. The van der Waals surface area contributed by atoms with Crippen molar-refractivity contribution < 1.29 is 9.53 Å². The largest absolute Gasteiger partial charge is 0.366 e. The first-order valence-electron chi connectivity index (χ1n) is 6.87. The van der Waals surface area contributed by atoms with Gasteiger partial charge in [0.15, 0.2) is 6.10 Å². The number of benzene rings is 2. The van der Waals surface area contributed by atoms with E-state index in [-0.39, 0.29) is 18.1 Å². The molecule has 0 N–H and O–H groups in total. The molecule has 1 aliphatic rings. The van der Waals surface area contributed by atoms with Gasteiger partial charge in [-0.25, -0.2) is 0 Å². The molecule has 102 valence electrons. The molecule has 0 saturated carbocycles. The summed E-state index contributed by atoms with van der Waals surface area (Å²) in [7, 11) is 0. The summed E-state index contributed by atoms with van der Waals surface area (Å²) >= 11 is 0. The van der Waals surface area contributed by atoms with Gasteiger partial charge < -0.3 is 4.74 Å². The standard InChI is InChI=1S/C17H17NO2/c1-2-20-16-15(13-9-5-3-6-10-13)18(17(16)19)14-11-7-4-8-12-14/h3-12,15-16H,2H2,1H3/t15-,16+/m0/s1. The molecule has 1 amide bonds. The van der Waals surface area contributed by atoms with Crippen LogP contribution in [0.25, 0.3) is 0 Å².